The van der Waals surface area contributed by atoms with Gasteiger partial charge < -0.3 is 4.90 Å². The number of aromatic amines is 1. The van der Waals surface area contributed by atoms with Crippen LogP contribution in [0, 0.1) is 11.6 Å². The van der Waals surface area contributed by atoms with E-state index in [9.17, 15) is 18.4 Å². The molecule has 0 radical (unpaired) electrons. The first kappa shape index (κ1) is 16.5. The van der Waals surface area contributed by atoms with Crippen LogP contribution < -0.4 is 10.5 Å². The van der Waals surface area contributed by atoms with Gasteiger partial charge in [0.15, 0.2) is 0 Å². The molecule has 0 fully saturated rings. The summed E-state index contributed by atoms with van der Waals surface area (Å²) in [5.74, 6) is -1.47. The monoisotopic (exact) mass is 341 g/mol. The lowest BCUT2D eigenvalue weighted by molar-refractivity contribution is 0.0979. The smallest absolute Gasteiger partial charge is 0.279 e. The number of anilines is 1. The lowest BCUT2D eigenvalue weighted by atomic mass is 10.1. The first-order valence-electron chi connectivity index (χ1n) is 7.41. The Labute approximate surface area is 141 Å². The Hall–Kier alpha value is -3.35. The van der Waals surface area contributed by atoms with Crippen LogP contribution in [0.25, 0.3) is 0 Å². The maximum atomic E-state index is 14.0. The number of nitrogens with zero attached hydrogens (tertiary/aromatic N) is 2. The van der Waals surface area contributed by atoms with Gasteiger partial charge in [-0.2, -0.15) is 5.10 Å². The van der Waals surface area contributed by atoms with Crippen LogP contribution in [-0.4, -0.2) is 16.1 Å². The van der Waals surface area contributed by atoms with Gasteiger partial charge >= 0.3 is 0 Å². The zero-order valence-corrected chi connectivity index (χ0v) is 12.9. The summed E-state index contributed by atoms with van der Waals surface area (Å²) in [4.78, 5) is 25.2. The van der Waals surface area contributed by atoms with Crippen molar-refractivity contribution in [3.8, 4) is 0 Å². The molecule has 5 nitrogen and oxygen atoms in total. The summed E-state index contributed by atoms with van der Waals surface area (Å²) in [5.41, 5.74) is 0.214. The molecule has 0 aliphatic heterocycles. The van der Waals surface area contributed by atoms with Crippen molar-refractivity contribution in [2.45, 2.75) is 6.54 Å². The highest BCUT2D eigenvalue weighted by Crippen LogP contribution is 2.21. The Balaban J connectivity index is 2.00. The molecule has 0 aliphatic rings. The van der Waals surface area contributed by atoms with Crippen LogP contribution in [0.15, 0.2) is 65.5 Å². The van der Waals surface area contributed by atoms with Crippen molar-refractivity contribution in [2.75, 3.05) is 4.90 Å². The third-order valence-electron chi connectivity index (χ3n) is 3.57. The predicted molar refractivity (Wildman–Crippen MR) is 88.2 cm³/mol. The maximum Gasteiger partial charge on any atom is 0.279 e. The molecule has 3 rings (SSSR count). The molecular weight excluding hydrogens is 328 g/mol. The molecule has 0 spiro atoms. The third kappa shape index (κ3) is 3.77. The highest BCUT2D eigenvalue weighted by atomic mass is 19.1. The summed E-state index contributed by atoms with van der Waals surface area (Å²) >= 11 is 0. The molecule has 0 aliphatic carbocycles. The normalized spacial score (nSPS) is 10.5. The molecule has 0 atom stereocenters. The number of hydrogen-bond donors (Lipinski definition) is 1. The number of benzene rings is 2. The fourth-order valence-electron chi connectivity index (χ4n) is 2.30. The van der Waals surface area contributed by atoms with Crippen molar-refractivity contribution in [3.63, 3.8) is 0 Å². The molecule has 0 saturated heterocycles. The van der Waals surface area contributed by atoms with Crippen LogP contribution in [0.5, 0.6) is 0 Å². The van der Waals surface area contributed by atoms with Crippen molar-refractivity contribution in [1.29, 1.82) is 0 Å². The van der Waals surface area contributed by atoms with E-state index in [1.807, 2.05) is 0 Å². The quantitative estimate of drug-likeness (QED) is 0.793. The van der Waals surface area contributed by atoms with Crippen molar-refractivity contribution >= 4 is 11.6 Å². The zero-order valence-electron chi connectivity index (χ0n) is 12.9. The topological polar surface area (TPSA) is 66.1 Å². The lowest BCUT2D eigenvalue weighted by Gasteiger charge is -2.22. The Morgan fingerprint density at radius 3 is 2.36 bits per heavy atom. The fourth-order valence-corrected chi connectivity index (χ4v) is 2.30. The third-order valence-corrected chi connectivity index (χ3v) is 3.57. The summed E-state index contributed by atoms with van der Waals surface area (Å²) in [6.45, 7) is -0.0715. The van der Waals surface area contributed by atoms with E-state index in [-0.39, 0.29) is 12.2 Å². The second kappa shape index (κ2) is 7.04. The molecule has 25 heavy (non-hydrogen) atoms. The molecule has 0 unspecified atom stereocenters. The van der Waals surface area contributed by atoms with E-state index < -0.39 is 23.1 Å². The lowest BCUT2D eigenvalue weighted by Crippen LogP contribution is -2.32. The SMILES string of the molecule is O=C(c1ccc(=O)[nH]n1)N(Cc1ccccc1F)c1ccc(F)cc1. The Bertz CT molecular complexity index is 935. The van der Waals surface area contributed by atoms with E-state index in [4.69, 9.17) is 0 Å². The Morgan fingerprint density at radius 2 is 1.72 bits per heavy atom. The van der Waals surface area contributed by atoms with E-state index in [1.54, 1.807) is 18.2 Å². The molecule has 7 heteroatoms. The average molecular weight is 341 g/mol. The van der Waals surface area contributed by atoms with Gasteiger partial charge in [-0.25, -0.2) is 13.9 Å². The van der Waals surface area contributed by atoms with Gasteiger partial charge in [0.2, 0.25) is 0 Å². The molecular formula is C18H13F2N3O2. The number of H-pyrrole nitrogens is 1. The number of aromatic nitrogens is 2. The predicted octanol–water partition coefficient (Wildman–Crippen LogP) is 2.90. The number of amides is 1. The van der Waals surface area contributed by atoms with Crippen LogP contribution >= 0.6 is 0 Å². The van der Waals surface area contributed by atoms with Gasteiger partial charge in [-0.1, -0.05) is 18.2 Å². The Kier molecular flexibility index (Phi) is 4.65. The summed E-state index contributed by atoms with van der Waals surface area (Å²) in [6, 6.07) is 13.7. The highest BCUT2D eigenvalue weighted by molar-refractivity contribution is 6.04. The van der Waals surface area contributed by atoms with Crippen molar-refractivity contribution in [2.24, 2.45) is 0 Å². The molecule has 126 valence electrons. The first-order chi connectivity index (χ1) is 12.0. The molecule has 2 aromatic carbocycles. The Morgan fingerprint density at radius 1 is 1.00 bits per heavy atom. The summed E-state index contributed by atoms with van der Waals surface area (Å²) in [7, 11) is 0. The van der Waals surface area contributed by atoms with E-state index in [2.05, 4.69) is 10.2 Å². The number of halogens is 2. The van der Waals surface area contributed by atoms with Crippen molar-refractivity contribution in [3.05, 3.63) is 93.9 Å². The highest BCUT2D eigenvalue weighted by Gasteiger charge is 2.21. The number of rotatable bonds is 4. The van der Waals surface area contributed by atoms with E-state index in [0.29, 0.717) is 11.3 Å². The standard InChI is InChI=1S/C18H13F2N3O2/c19-13-5-7-14(8-6-13)23(11-12-3-1-2-4-15(12)20)18(25)16-9-10-17(24)22-21-16/h1-10H,11H2,(H,22,24). The van der Waals surface area contributed by atoms with Crippen LogP contribution in [0.4, 0.5) is 14.5 Å². The van der Waals surface area contributed by atoms with Crippen molar-refractivity contribution in [1.82, 2.24) is 10.2 Å². The van der Waals surface area contributed by atoms with Crippen molar-refractivity contribution < 1.29 is 13.6 Å². The summed E-state index contributed by atoms with van der Waals surface area (Å²) in [6.07, 6.45) is 0. The van der Waals surface area contributed by atoms with Crippen LogP contribution in [0.1, 0.15) is 16.1 Å². The van der Waals surface area contributed by atoms with Gasteiger partial charge in [0.05, 0.1) is 6.54 Å². The van der Waals surface area contributed by atoms with Crippen LogP contribution in [0.2, 0.25) is 0 Å². The molecule has 3 aromatic rings. The zero-order chi connectivity index (χ0) is 17.8. The van der Waals surface area contributed by atoms with E-state index in [1.165, 1.54) is 47.4 Å². The number of hydrogen-bond acceptors (Lipinski definition) is 3. The minimum absolute atomic E-state index is 0.0136. The molecule has 0 bridgehead atoms. The van der Waals surface area contributed by atoms with E-state index in [0.717, 1.165) is 0 Å². The van der Waals surface area contributed by atoms with Crippen LogP contribution in [0.3, 0.4) is 0 Å². The van der Waals surface area contributed by atoms with Gasteiger partial charge in [-0.05, 0) is 36.4 Å². The van der Waals surface area contributed by atoms with Gasteiger partial charge in [-0.15, -0.1) is 0 Å². The fraction of sp³-hybridized carbons (Fsp3) is 0.0556. The largest absolute Gasteiger partial charge is 0.302 e. The van der Waals surface area contributed by atoms with Gasteiger partial charge in [0.25, 0.3) is 11.5 Å². The first-order valence-corrected chi connectivity index (χ1v) is 7.41. The summed E-state index contributed by atoms with van der Waals surface area (Å²) in [5, 5.41) is 5.89. The minimum Gasteiger partial charge on any atom is -0.302 e. The second-order valence-electron chi connectivity index (χ2n) is 5.27. The average Bonchev–Trinajstić information content (AvgIpc) is 2.62. The van der Waals surface area contributed by atoms with Gasteiger partial charge in [0.1, 0.15) is 17.3 Å². The van der Waals surface area contributed by atoms with Crippen LogP contribution in [-0.2, 0) is 6.54 Å². The number of carbonyl (C=O) groups excluding carboxylic acids is 1. The number of nitrogens with one attached hydrogen (secondary N) is 1. The second-order valence-corrected chi connectivity index (χ2v) is 5.27. The number of carbonyl (C=O) groups is 1. The van der Waals surface area contributed by atoms with Gasteiger partial charge in [0, 0.05) is 17.3 Å². The summed E-state index contributed by atoms with van der Waals surface area (Å²) < 4.78 is 27.2. The molecule has 0 saturated carbocycles. The van der Waals surface area contributed by atoms with Gasteiger partial charge in [-0.3, -0.25) is 9.59 Å². The van der Waals surface area contributed by atoms with E-state index >= 15 is 0 Å². The minimum atomic E-state index is -0.550. The molecule has 1 heterocycles. The molecule has 1 aromatic heterocycles. The molecule has 1 N–H and O–H groups in total. The maximum absolute atomic E-state index is 14.0. The molecule has 1 amide bonds.